The molecule has 2 fully saturated rings. The monoisotopic (exact) mass is 532 g/mol. The number of H-pyrrole nitrogens is 1. The molecule has 1 aromatic carbocycles. The molecule has 3 aromatic heterocycles. The molecule has 1 aliphatic carbocycles. The molecule has 6 rings (SSSR count). The van der Waals surface area contributed by atoms with E-state index in [-0.39, 0.29) is 25.3 Å². The van der Waals surface area contributed by atoms with Gasteiger partial charge in [-0.2, -0.15) is 9.49 Å². The van der Waals surface area contributed by atoms with Crippen LogP contribution >= 0.6 is 0 Å². The van der Waals surface area contributed by atoms with E-state index in [1.54, 1.807) is 48.5 Å². The van der Waals surface area contributed by atoms with E-state index in [2.05, 4.69) is 20.5 Å². The number of halogens is 2. The zero-order valence-electron chi connectivity index (χ0n) is 20.9. The van der Waals surface area contributed by atoms with Crippen molar-refractivity contribution in [3.05, 3.63) is 99.6 Å². The summed E-state index contributed by atoms with van der Waals surface area (Å²) in [5, 5.41) is 9.20. The van der Waals surface area contributed by atoms with E-state index >= 15 is 0 Å². The zero-order valence-corrected chi connectivity index (χ0v) is 20.9. The van der Waals surface area contributed by atoms with Crippen molar-refractivity contribution in [2.75, 3.05) is 6.54 Å². The Morgan fingerprint density at radius 3 is 2.64 bits per heavy atom. The highest BCUT2D eigenvalue weighted by molar-refractivity contribution is 5.90. The van der Waals surface area contributed by atoms with E-state index in [4.69, 9.17) is 0 Å². The van der Waals surface area contributed by atoms with E-state index < -0.39 is 41.7 Å². The van der Waals surface area contributed by atoms with Gasteiger partial charge in [0.05, 0.1) is 24.7 Å². The second-order valence-electron chi connectivity index (χ2n) is 10.1. The smallest absolute Gasteiger partial charge is 0.342 e. The van der Waals surface area contributed by atoms with Gasteiger partial charge in [0.1, 0.15) is 12.2 Å². The van der Waals surface area contributed by atoms with Crippen LogP contribution in [-0.2, 0) is 16.0 Å². The number of aromatic amines is 1. The number of rotatable bonds is 7. The molecule has 11 heteroatoms. The number of alkyl halides is 1. The summed E-state index contributed by atoms with van der Waals surface area (Å²) in [6.45, 7) is -0.230. The third-order valence-electron chi connectivity index (χ3n) is 7.37. The molecular weight excluding hydrogens is 506 g/mol. The van der Waals surface area contributed by atoms with Crippen LogP contribution in [0.5, 0.6) is 0 Å². The van der Waals surface area contributed by atoms with Crippen LogP contribution in [0.3, 0.4) is 0 Å². The molecule has 1 aliphatic heterocycles. The summed E-state index contributed by atoms with van der Waals surface area (Å²) in [7, 11) is 0. The SMILES string of the molecule is O=C(NC(c1ccccc1)c1ccc(C2CC2)c(F)n1)C1CC(F)CN1C(=O)Cc1cccn2c(=O)[nH]nc12. The first-order chi connectivity index (χ1) is 18.9. The largest absolute Gasteiger partial charge is 0.347 e. The molecule has 0 radical (unpaired) electrons. The topological polar surface area (TPSA) is 112 Å². The Morgan fingerprint density at radius 1 is 1.10 bits per heavy atom. The van der Waals surface area contributed by atoms with Gasteiger partial charge in [-0.25, -0.2) is 19.3 Å². The normalized spacial score (nSPS) is 19.8. The fourth-order valence-corrected chi connectivity index (χ4v) is 5.23. The molecule has 2 amide bonds. The van der Waals surface area contributed by atoms with Crippen LogP contribution in [0.15, 0.2) is 65.6 Å². The van der Waals surface area contributed by atoms with Gasteiger partial charge in [-0.15, -0.1) is 0 Å². The lowest BCUT2D eigenvalue weighted by Crippen LogP contribution is -2.47. The van der Waals surface area contributed by atoms with Gasteiger partial charge in [-0.05, 0) is 36.5 Å². The van der Waals surface area contributed by atoms with Crippen molar-refractivity contribution in [1.82, 2.24) is 29.8 Å². The van der Waals surface area contributed by atoms with Gasteiger partial charge in [0.15, 0.2) is 5.65 Å². The molecule has 2 N–H and O–H groups in total. The third kappa shape index (κ3) is 4.91. The summed E-state index contributed by atoms with van der Waals surface area (Å²) in [5.41, 5.74) is 1.89. The number of hydrogen-bond acceptors (Lipinski definition) is 5. The number of carbonyl (C=O) groups is 2. The van der Waals surface area contributed by atoms with Crippen molar-refractivity contribution in [3.8, 4) is 0 Å². The number of likely N-dealkylation sites (tertiary alicyclic amines) is 1. The molecule has 1 saturated heterocycles. The van der Waals surface area contributed by atoms with Crippen molar-refractivity contribution < 1.29 is 18.4 Å². The number of carbonyl (C=O) groups excluding carboxylic acids is 2. The molecule has 4 aromatic rings. The lowest BCUT2D eigenvalue weighted by atomic mass is 10.0. The summed E-state index contributed by atoms with van der Waals surface area (Å²) in [6, 6.07) is 13.8. The van der Waals surface area contributed by atoms with E-state index in [1.807, 2.05) is 6.07 Å². The Balaban J connectivity index is 1.25. The average Bonchev–Trinajstić information content (AvgIpc) is 3.59. The Kier molecular flexibility index (Phi) is 6.41. The highest BCUT2D eigenvalue weighted by Crippen LogP contribution is 2.41. The van der Waals surface area contributed by atoms with Gasteiger partial charge in [0.2, 0.25) is 17.8 Å². The standard InChI is InChI=1S/C28H26F2N6O3/c29-19-14-22(36(15-19)23(37)13-18-7-4-12-35-26(18)33-34-28(35)39)27(38)32-24(17-5-2-1-3-6-17)21-11-10-20(16-8-9-16)25(30)31-21/h1-7,10-12,16,19,22,24H,8-9,13-15H2,(H,32,38)(H,34,39). The van der Waals surface area contributed by atoms with Gasteiger partial charge in [-0.3, -0.25) is 14.0 Å². The van der Waals surface area contributed by atoms with E-state index in [0.29, 0.717) is 28.0 Å². The zero-order chi connectivity index (χ0) is 27.1. The first-order valence-electron chi connectivity index (χ1n) is 12.9. The van der Waals surface area contributed by atoms with E-state index in [9.17, 15) is 23.2 Å². The lowest BCUT2D eigenvalue weighted by molar-refractivity contribution is -0.138. The van der Waals surface area contributed by atoms with Gasteiger partial charge in [0.25, 0.3) is 0 Å². The molecule has 9 nitrogen and oxygen atoms in total. The van der Waals surface area contributed by atoms with Crippen molar-refractivity contribution in [3.63, 3.8) is 0 Å². The Bertz CT molecular complexity index is 1600. The molecule has 0 spiro atoms. The van der Waals surface area contributed by atoms with E-state index in [1.165, 1.54) is 15.5 Å². The van der Waals surface area contributed by atoms with Gasteiger partial charge in [-0.1, -0.05) is 42.5 Å². The number of aromatic nitrogens is 4. The lowest BCUT2D eigenvalue weighted by Gasteiger charge is -2.27. The van der Waals surface area contributed by atoms with Gasteiger partial charge < -0.3 is 10.2 Å². The number of pyridine rings is 2. The number of amides is 2. The second kappa shape index (κ2) is 10.0. The number of nitrogens with zero attached hydrogens (tertiary/aromatic N) is 4. The summed E-state index contributed by atoms with van der Waals surface area (Å²) < 4.78 is 30.7. The molecule has 4 heterocycles. The third-order valence-corrected chi connectivity index (χ3v) is 7.37. The summed E-state index contributed by atoms with van der Waals surface area (Å²) >= 11 is 0. The summed E-state index contributed by atoms with van der Waals surface area (Å²) in [4.78, 5) is 44.1. The van der Waals surface area contributed by atoms with Crippen molar-refractivity contribution in [2.24, 2.45) is 0 Å². The molecule has 39 heavy (non-hydrogen) atoms. The van der Waals surface area contributed by atoms with Crippen LogP contribution in [0, 0.1) is 5.95 Å². The maximum Gasteiger partial charge on any atom is 0.347 e. The molecule has 200 valence electrons. The number of fused-ring (bicyclic) bond motifs is 1. The van der Waals surface area contributed by atoms with Crippen molar-refractivity contribution in [1.29, 1.82) is 0 Å². The van der Waals surface area contributed by atoms with Gasteiger partial charge in [0, 0.05) is 23.7 Å². The van der Waals surface area contributed by atoms with Crippen molar-refractivity contribution in [2.45, 2.75) is 49.9 Å². The summed E-state index contributed by atoms with van der Waals surface area (Å²) in [5.74, 6) is -1.40. The van der Waals surface area contributed by atoms with Crippen LogP contribution < -0.4 is 11.0 Å². The van der Waals surface area contributed by atoms with Crippen LogP contribution in [0.25, 0.3) is 5.65 Å². The first kappa shape index (κ1) is 24.9. The fraction of sp³-hybridized carbons (Fsp3) is 0.321. The molecule has 1 saturated carbocycles. The highest BCUT2D eigenvalue weighted by Gasteiger charge is 2.41. The maximum atomic E-state index is 14.8. The van der Waals surface area contributed by atoms with Crippen LogP contribution in [0.4, 0.5) is 8.78 Å². The predicted molar refractivity (Wildman–Crippen MR) is 137 cm³/mol. The second-order valence-corrected chi connectivity index (χ2v) is 10.1. The molecular formula is C28H26F2N6O3. The molecule has 3 unspecified atom stereocenters. The van der Waals surface area contributed by atoms with Crippen LogP contribution in [0.2, 0.25) is 0 Å². The first-order valence-corrected chi connectivity index (χ1v) is 12.9. The van der Waals surface area contributed by atoms with Crippen LogP contribution in [-0.4, -0.2) is 55.1 Å². The maximum absolute atomic E-state index is 14.8. The Labute approximate surface area is 221 Å². The molecule has 3 atom stereocenters. The Hall–Kier alpha value is -4.41. The fourth-order valence-electron chi connectivity index (χ4n) is 5.23. The molecule has 0 bridgehead atoms. The molecule has 2 aliphatic rings. The average molecular weight is 533 g/mol. The van der Waals surface area contributed by atoms with E-state index in [0.717, 1.165) is 12.8 Å². The summed E-state index contributed by atoms with van der Waals surface area (Å²) in [6.07, 6.45) is 1.68. The predicted octanol–water partition coefficient (Wildman–Crippen LogP) is 2.82. The van der Waals surface area contributed by atoms with Crippen molar-refractivity contribution >= 4 is 17.5 Å². The minimum absolute atomic E-state index is 0.159. The number of benzene rings is 1. The highest BCUT2D eigenvalue weighted by atomic mass is 19.1. The Morgan fingerprint density at radius 2 is 1.90 bits per heavy atom. The van der Waals surface area contributed by atoms with Crippen LogP contribution in [0.1, 0.15) is 53.6 Å². The van der Waals surface area contributed by atoms with Gasteiger partial charge >= 0.3 is 5.69 Å². The quantitative estimate of drug-likeness (QED) is 0.356. The minimum atomic E-state index is -1.38. The number of nitrogens with one attached hydrogen (secondary N) is 2. The number of hydrogen-bond donors (Lipinski definition) is 2. The minimum Gasteiger partial charge on any atom is -0.342 e.